The van der Waals surface area contributed by atoms with Crippen LogP contribution >= 0.6 is 15.9 Å². The summed E-state index contributed by atoms with van der Waals surface area (Å²) < 4.78 is 2.73. The van der Waals surface area contributed by atoms with Crippen LogP contribution in [0.5, 0.6) is 0 Å². The highest BCUT2D eigenvalue weighted by molar-refractivity contribution is 9.10. The third-order valence-electron chi connectivity index (χ3n) is 2.29. The van der Waals surface area contributed by atoms with Crippen molar-refractivity contribution in [1.29, 1.82) is 0 Å². The summed E-state index contributed by atoms with van der Waals surface area (Å²) in [5.74, 6) is 0. The molecule has 2 aromatic rings. The average molecular weight is 270 g/mol. The molecule has 0 fully saturated rings. The number of halogens is 1. The van der Waals surface area contributed by atoms with Crippen molar-refractivity contribution in [1.82, 2.24) is 15.3 Å². The van der Waals surface area contributed by atoms with Gasteiger partial charge in [-0.1, -0.05) is 6.07 Å². The minimum absolute atomic E-state index is 0.688. The van der Waals surface area contributed by atoms with Gasteiger partial charge in [0.1, 0.15) is 4.60 Å². The van der Waals surface area contributed by atoms with Crippen molar-refractivity contribution in [3.05, 3.63) is 28.4 Å². The normalized spacial score (nSPS) is 11.1. The first kappa shape index (κ1) is 10.6. The monoisotopic (exact) mass is 269 g/mol. The summed E-state index contributed by atoms with van der Waals surface area (Å²) in [7, 11) is 3.54. The lowest BCUT2D eigenvalue weighted by atomic mass is 10.1. The first-order chi connectivity index (χ1) is 7.22. The van der Waals surface area contributed by atoms with E-state index in [9.17, 15) is 0 Å². The van der Waals surface area contributed by atoms with E-state index >= 15 is 0 Å². The van der Waals surface area contributed by atoms with Crippen molar-refractivity contribution >= 4 is 26.8 Å². The van der Waals surface area contributed by atoms with Gasteiger partial charge in [0.2, 0.25) is 0 Å². The minimum Gasteiger partial charge on any atom is -0.305 e. The fraction of sp³-hybridized carbons (Fsp3) is 0.300. The van der Waals surface area contributed by atoms with E-state index in [-0.39, 0.29) is 0 Å². The van der Waals surface area contributed by atoms with Gasteiger partial charge in [-0.3, -0.25) is 4.68 Å². The van der Waals surface area contributed by atoms with Crippen LogP contribution in [0.2, 0.25) is 0 Å². The van der Waals surface area contributed by atoms with Crippen LogP contribution in [0.3, 0.4) is 0 Å². The molecular weight excluding hydrogens is 258 g/mol. The Morgan fingerprint density at radius 3 is 3.07 bits per heavy atom. The number of nitrogens with zero attached hydrogens (tertiary/aromatic N) is 2. The maximum absolute atomic E-state index is 4.81. The third-order valence-corrected chi connectivity index (χ3v) is 2.88. The molecule has 0 amide bonds. The van der Waals surface area contributed by atoms with E-state index in [2.05, 4.69) is 44.7 Å². The molecule has 0 aliphatic rings. The lowest BCUT2D eigenvalue weighted by Crippen LogP contribution is -2.10. The lowest BCUT2D eigenvalue weighted by molar-refractivity contribution is 0.0867. The molecule has 5 heteroatoms. The highest BCUT2D eigenvalue weighted by Crippen LogP contribution is 2.23. The molecule has 0 atom stereocenters. The molecule has 0 saturated heterocycles. The number of benzene rings is 1. The van der Waals surface area contributed by atoms with Gasteiger partial charge in [0.05, 0.1) is 12.6 Å². The molecule has 0 aliphatic heterocycles. The molecular formula is C10H12BrN3O. The molecule has 0 saturated carbocycles. The van der Waals surface area contributed by atoms with Gasteiger partial charge in [0, 0.05) is 19.0 Å². The Morgan fingerprint density at radius 1 is 1.53 bits per heavy atom. The van der Waals surface area contributed by atoms with Crippen LogP contribution in [0.25, 0.3) is 10.9 Å². The summed E-state index contributed by atoms with van der Waals surface area (Å²) in [6, 6.07) is 6.21. The van der Waals surface area contributed by atoms with Crippen molar-refractivity contribution in [2.24, 2.45) is 7.05 Å². The Hall–Kier alpha value is -0.910. The molecule has 0 radical (unpaired) electrons. The standard InChI is InChI=1S/C10H12BrN3O/c1-14-9-4-3-7(6-12-15-2)5-8(9)10(11)13-14/h3-5,12H,6H2,1-2H3. The van der Waals surface area contributed by atoms with E-state index in [1.165, 1.54) is 0 Å². The number of hydrogen-bond donors (Lipinski definition) is 1. The van der Waals surface area contributed by atoms with Crippen molar-refractivity contribution < 1.29 is 4.84 Å². The quantitative estimate of drug-likeness (QED) is 0.867. The predicted octanol–water partition coefficient (Wildman–Crippen LogP) is 1.99. The van der Waals surface area contributed by atoms with Gasteiger partial charge in [-0.15, -0.1) is 0 Å². The van der Waals surface area contributed by atoms with E-state index in [1.54, 1.807) is 7.11 Å². The van der Waals surface area contributed by atoms with E-state index in [4.69, 9.17) is 4.84 Å². The summed E-state index contributed by atoms with van der Waals surface area (Å²) in [5.41, 5.74) is 5.09. The summed E-state index contributed by atoms with van der Waals surface area (Å²) in [5, 5.41) is 5.41. The Bertz CT molecular complexity index is 481. The Balaban J connectivity index is 2.41. The first-order valence-electron chi connectivity index (χ1n) is 4.59. The second kappa shape index (κ2) is 4.30. The Labute approximate surface area is 96.3 Å². The minimum atomic E-state index is 0.688. The number of aryl methyl sites for hydroxylation is 1. The average Bonchev–Trinajstić information content (AvgIpc) is 2.52. The van der Waals surface area contributed by atoms with E-state index in [1.807, 2.05) is 11.7 Å². The predicted molar refractivity (Wildman–Crippen MR) is 62.3 cm³/mol. The van der Waals surface area contributed by atoms with Crippen LogP contribution in [0, 0.1) is 0 Å². The summed E-state index contributed by atoms with van der Waals surface area (Å²) >= 11 is 3.44. The van der Waals surface area contributed by atoms with Crippen molar-refractivity contribution in [3.63, 3.8) is 0 Å². The molecule has 1 aromatic carbocycles. The number of rotatable bonds is 3. The van der Waals surface area contributed by atoms with E-state index in [0.29, 0.717) is 6.54 Å². The van der Waals surface area contributed by atoms with Crippen LogP contribution in [0.1, 0.15) is 5.56 Å². The molecule has 0 bridgehead atoms. The highest BCUT2D eigenvalue weighted by atomic mass is 79.9. The fourth-order valence-electron chi connectivity index (χ4n) is 1.54. The zero-order valence-electron chi connectivity index (χ0n) is 8.62. The van der Waals surface area contributed by atoms with Gasteiger partial charge in [0.25, 0.3) is 0 Å². The zero-order chi connectivity index (χ0) is 10.8. The SMILES string of the molecule is CONCc1ccc2c(c1)c(Br)nn2C. The third kappa shape index (κ3) is 2.04. The van der Waals surface area contributed by atoms with Crippen LogP contribution in [-0.4, -0.2) is 16.9 Å². The van der Waals surface area contributed by atoms with Crippen LogP contribution in [0.15, 0.2) is 22.8 Å². The molecule has 2 rings (SSSR count). The molecule has 0 aliphatic carbocycles. The van der Waals surface area contributed by atoms with Crippen LogP contribution in [-0.2, 0) is 18.4 Å². The van der Waals surface area contributed by atoms with Crippen molar-refractivity contribution in [2.45, 2.75) is 6.54 Å². The van der Waals surface area contributed by atoms with Gasteiger partial charge >= 0.3 is 0 Å². The maximum atomic E-state index is 4.81. The number of nitrogens with one attached hydrogen (secondary N) is 1. The van der Waals surface area contributed by atoms with Gasteiger partial charge in [-0.05, 0) is 33.6 Å². The lowest BCUT2D eigenvalue weighted by Gasteiger charge is -2.02. The molecule has 80 valence electrons. The van der Waals surface area contributed by atoms with Gasteiger partial charge in [0.15, 0.2) is 0 Å². The Morgan fingerprint density at radius 2 is 2.33 bits per heavy atom. The van der Waals surface area contributed by atoms with Gasteiger partial charge in [-0.2, -0.15) is 10.6 Å². The van der Waals surface area contributed by atoms with Gasteiger partial charge < -0.3 is 4.84 Å². The molecule has 4 nitrogen and oxygen atoms in total. The number of fused-ring (bicyclic) bond motifs is 1. The van der Waals surface area contributed by atoms with Crippen molar-refractivity contribution in [2.75, 3.05) is 7.11 Å². The first-order valence-corrected chi connectivity index (χ1v) is 5.38. The maximum Gasteiger partial charge on any atom is 0.135 e. The molecule has 15 heavy (non-hydrogen) atoms. The summed E-state index contributed by atoms with van der Waals surface area (Å²) in [6.45, 7) is 0.688. The second-order valence-corrected chi connectivity index (χ2v) is 4.04. The second-order valence-electron chi connectivity index (χ2n) is 3.29. The van der Waals surface area contributed by atoms with Gasteiger partial charge in [-0.25, -0.2) is 0 Å². The fourth-order valence-corrected chi connectivity index (χ4v) is 2.09. The largest absolute Gasteiger partial charge is 0.305 e. The van der Waals surface area contributed by atoms with E-state index < -0.39 is 0 Å². The molecule has 1 heterocycles. The molecule has 0 spiro atoms. The molecule has 0 unspecified atom stereocenters. The number of aromatic nitrogens is 2. The highest BCUT2D eigenvalue weighted by Gasteiger charge is 2.06. The molecule has 1 aromatic heterocycles. The summed E-state index contributed by atoms with van der Waals surface area (Å²) in [6.07, 6.45) is 0. The van der Waals surface area contributed by atoms with Crippen molar-refractivity contribution in [3.8, 4) is 0 Å². The smallest absolute Gasteiger partial charge is 0.135 e. The topological polar surface area (TPSA) is 39.1 Å². The number of hydrogen-bond acceptors (Lipinski definition) is 3. The molecule has 1 N–H and O–H groups in total. The summed E-state index contributed by atoms with van der Waals surface area (Å²) in [4.78, 5) is 4.81. The van der Waals surface area contributed by atoms with Crippen LogP contribution in [0.4, 0.5) is 0 Å². The number of hydroxylamine groups is 1. The van der Waals surface area contributed by atoms with E-state index in [0.717, 1.165) is 21.1 Å². The zero-order valence-corrected chi connectivity index (χ0v) is 10.2. The Kier molecular flexibility index (Phi) is 3.04. The van der Waals surface area contributed by atoms with Crippen LogP contribution < -0.4 is 5.48 Å².